The van der Waals surface area contributed by atoms with E-state index in [4.69, 9.17) is 0 Å². The van der Waals surface area contributed by atoms with E-state index >= 15 is 0 Å². The Morgan fingerprint density at radius 3 is 2.33 bits per heavy atom. The van der Waals surface area contributed by atoms with Crippen molar-refractivity contribution >= 4 is 37.7 Å². The summed E-state index contributed by atoms with van der Waals surface area (Å²) in [5, 5.41) is 0. The second kappa shape index (κ2) is 5.25. The Bertz CT molecular complexity index is 335. The zero-order chi connectivity index (χ0) is 10.7. The van der Waals surface area contributed by atoms with Crippen molar-refractivity contribution in [3.63, 3.8) is 0 Å². The van der Waals surface area contributed by atoms with E-state index < -0.39 is 0 Å². The molecule has 1 saturated heterocycles. The van der Waals surface area contributed by atoms with Crippen molar-refractivity contribution in [3.05, 3.63) is 15.4 Å². The average Bonchev–Trinajstić information content (AvgIpc) is 2.46. The first-order valence-corrected chi connectivity index (χ1v) is 6.79. The van der Waals surface area contributed by atoms with Crippen LogP contribution < -0.4 is 4.90 Å². The SMILES string of the molecule is Brc1cnc(N2CCCCCC2)c(Br)n1. The predicted octanol–water partition coefficient (Wildman–Crippen LogP) is 3.38. The fourth-order valence-electron chi connectivity index (χ4n) is 1.83. The lowest BCUT2D eigenvalue weighted by molar-refractivity contribution is 0.726. The minimum absolute atomic E-state index is 0.771. The third kappa shape index (κ3) is 2.91. The molecule has 3 nitrogen and oxygen atoms in total. The molecule has 15 heavy (non-hydrogen) atoms. The van der Waals surface area contributed by atoms with Gasteiger partial charge in [0.05, 0.1) is 6.20 Å². The Balaban J connectivity index is 2.19. The maximum atomic E-state index is 4.41. The Kier molecular flexibility index (Phi) is 3.97. The van der Waals surface area contributed by atoms with Crippen LogP contribution in [0.5, 0.6) is 0 Å². The van der Waals surface area contributed by atoms with Crippen LogP contribution in [0.2, 0.25) is 0 Å². The lowest BCUT2D eigenvalue weighted by Crippen LogP contribution is -2.25. The monoisotopic (exact) mass is 333 g/mol. The molecule has 0 atom stereocenters. The molecule has 0 radical (unpaired) electrons. The van der Waals surface area contributed by atoms with Crippen molar-refractivity contribution in [3.8, 4) is 0 Å². The molecule has 2 rings (SSSR count). The van der Waals surface area contributed by atoms with Crippen LogP contribution in [0.1, 0.15) is 25.7 Å². The molecule has 0 N–H and O–H groups in total. The first-order chi connectivity index (χ1) is 7.27. The van der Waals surface area contributed by atoms with E-state index in [1.807, 2.05) is 0 Å². The maximum absolute atomic E-state index is 4.41. The van der Waals surface area contributed by atoms with Gasteiger partial charge >= 0.3 is 0 Å². The van der Waals surface area contributed by atoms with E-state index in [0.29, 0.717) is 0 Å². The second-order valence-corrected chi connectivity index (χ2v) is 5.27. The average molecular weight is 335 g/mol. The number of anilines is 1. The zero-order valence-corrected chi connectivity index (χ0v) is 11.6. The highest BCUT2D eigenvalue weighted by Gasteiger charge is 2.14. The number of hydrogen-bond donors (Lipinski definition) is 0. The van der Waals surface area contributed by atoms with Gasteiger partial charge in [0.25, 0.3) is 0 Å². The van der Waals surface area contributed by atoms with E-state index in [1.165, 1.54) is 25.7 Å². The van der Waals surface area contributed by atoms with Crippen LogP contribution >= 0.6 is 31.9 Å². The van der Waals surface area contributed by atoms with E-state index in [0.717, 1.165) is 28.1 Å². The summed E-state index contributed by atoms with van der Waals surface area (Å²) in [6.45, 7) is 2.18. The number of hydrogen-bond acceptors (Lipinski definition) is 3. The molecule has 1 aliphatic rings. The van der Waals surface area contributed by atoms with Crippen LogP contribution in [0.3, 0.4) is 0 Å². The summed E-state index contributed by atoms with van der Waals surface area (Å²) >= 11 is 6.78. The van der Waals surface area contributed by atoms with Crippen molar-refractivity contribution in [1.29, 1.82) is 0 Å². The quantitative estimate of drug-likeness (QED) is 0.788. The van der Waals surface area contributed by atoms with Crippen LogP contribution in [0.25, 0.3) is 0 Å². The number of rotatable bonds is 1. The van der Waals surface area contributed by atoms with Gasteiger partial charge in [-0.3, -0.25) is 0 Å². The van der Waals surface area contributed by atoms with Crippen LogP contribution in [-0.4, -0.2) is 23.1 Å². The fourth-order valence-corrected chi connectivity index (χ4v) is 2.90. The van der Waals surface area contributed by atoms with Crippen molar-refractivity contribution in [2.24, 2.45) is 0 Å². The molecule has 0 aliphatic carbocycles. The second-order valence-electron chi connectivity index (χ2n) is 3.71. The molecule has 0 saturated carbocycles. The standard InChI is InChI=1S/C10H13Br2N3/c11-8-7-13-10(9(12)14-8)15-5-3-1-2-4-6-15/h7H,1-6H2. The summed E-state index contributed by atoms with van der Waals surface area (Å²) in [7, 11) is 0. The molecule has 0 amide bonds. The van der Waals surface area contributed by atoms with E-state index in [-0.39, 0.29) is 0 Å². The normalized spacial score (nSPS) is 17.6. The Morgan fingerprint density at radius 2 is 1.73 bits per heavy atom. The first kappa shape index (κ1) is 11.3. The molecule has 1 fully saturated rings. The minimum atomic E-state index is 0.771. The highest BCUT2D eigenvalue weighted by atomic mass is 79.9. The molecule has 5 heteroatoms. The molecule has 1 aliphatic heterocycles. The summed E-state index contributed by atoms with van der Waals surface area (Å²) in [4.78, 5) is 11.0. The highest BCUT2D eigenvalue weighted by Crippen LogP contribution is 2.25. The van der Waals surface area contributed by atoms with Gasteiger partial charge in [0.1, 0.15) is 9.21 Å². The van der Waals surface area contributed by atoms with E-state index in [9.17, 15) is 0 Å². The van der Waals surface area contributed by atoms with Crippen LogP contribution in [0.4, 0.5) is 5.82 Å². The topological polar surface area (TPSA) is 29.0 Å². The molecule has 0 aromatic carbocycles. The van der Waals surface area contributed by atoms with Gasteiger partial charge in [-0.05, 0) is 44.7 Å². The molecule has 0 bridgehead atoms. The number of nitrogens with zero attached hydrogens (tertiary/aromatic N) is 3. The fraction of sp³-hybridized carbons (Fsp3) is 0.600. The Morgan fingerprint density at radius 1 is 1.07 bits per heavy atom. The number of aromatic nitrogens is 2. The molecular formula is C10H13Br2N3. The van der Waals surface area contributed by atoms with Crippen LogP contribution in [0.15, 0.2) is 15.4 Å². The summed E-state index contributed by atoms with van der Waals surface area (Å²) in [5.74, 6) is 0.972. The minimum Gasteiger partial charge on any atom is -0.354 e. The van der Waals surface area contributed by atoms with E-state index in [1.54, 1.807) is 6.20 Å². The molecule has 2 heterocycles. The molecule has 1 aromatic heterocycles. The third-order valence-electron chi connectivity index (χ3n) is 2.59. The summed E-state index contributed by atoms with van der Waals surface area (Å²) < 4.78 is 1.60. The molecule has 0 unspecified atom stereocenters. The van der Waals surface area contributed by atoms with Gasteiger partial charge in [-0.25, -0.2) is 9.97 Å². The Hall–Kier alpha value is -0.160. The van der Waals surface area contributed by atoms with Gasteiger partial charge in [-0.15, -0.1) is 0 Å². The van der Waals surface area contributed by atoms with E-state index in [2.05, 4.69) is 46.7 Å². The predicted molar refractivity (Wildman–Crippen MR) is 68.1 cm³/mol. The lowest BCUT2D eigenvalue weighted by Gasteiger charge is -2.21. The maximum Gasteiger partial charge on any atom is 0.161 e. The van der Waals surface area contributed by atoms with Crippen molar-refractivity contribution < 1.29 is 0 Å². The lowest BCUT2D eigenvalue weighted by atomic mass is 10.2. The van der Waals surface area contributed by atoms with Gasteiger partial charge in [0.2, 0.25) is 0 Å². The molecular weight excluding hydrogens is 322 g/mol. The molecule has 82 valence electrons. The summed E-state index contributed by atoms with van der Waals surface area (Å²) in [5.41, 5.74) is 0. The van der Waals surface area contributed by atoms with Gasteiger partial charge in [-0.2, -0.15) is 0 Å². The zero-order valence-electron chi connectivity index (χ0n) is 8.42. The van der Waals surface area contributed by atoms with Gasteiger partial charge in [-0.1, -0.05) is 12.8 Å². The summed E-state index contributed by atoms with van der Waals surface area (Å²) in [6.07, 6.45) is 6.93. The smallest absolute Gasteiger partial charge is 0.161 e. The Labute approximate surface area is 107 Å². The van der Waals surface area contributed by atoms with Crippen molar-refractivity contribution in [1.82, 2.24) is 9.97 Å². The van der Waals surface area contributed by atoms with Gasteiger partial charge in [0.15, 0.2) is 5.82 Å². The molecule has 1 aromatic rings. The number of halogens is 2. The van der Waals surface area contributed by atoms with Crippen molar-refractivity contribution in [2.75, 3.05) is 18.0 Å². The third-order valence-corrected chi connectivity index (χ3v) is 3.50. The largest absolute Gasteiger partial charge is 0.354 e. The van der Waals surface area contributed by atoms with Gasteiger partial charge < -0.3 is 4.90 Å². The molecule has 0 spiro atoms. The first-order valence-electron chi connectivity index (χ1n) is 5.20. The van der Waals surface area contributed by atoms with Crippen molar-refractivity contribution in [2.45, 2.75) is 25.7 Å². The van der Waals surface area contributed by atoms with Crippen LogP contribution in [-0.2, 0) is 0 Å². The summed E-state index contributed by atoms with van der Waals surface area (Å²) in [6, 6.07) is 0. The highest BCUT2D eigenvalue weighted by molar-refractivity contribution is 9.11. The van der Waals surface area contributed by atoms with Crippen LogP contribution in [0, 0.1) is 0 Å². The van der Waals surface area contributed by atoms with Gasteiger partial charge in [0, 0.05) is 13.1 Å².